The Labute approximate surface area is 138 Å². The van der Waals surface area contributed by atoms with Crippen molar-refractivity contribution in [3.8, 4) is 10.6 Å². The molecule has 2 heterocycles. The molecule has 1 aromatic carbocycles. The van der Waals surface area contributed by atoms with Crippen LogP contribution in [-0.2, 0) is 4.74 Å². The van der Waals surface area contributed by atoms with E-state index in [2.05, 4.69) is 4.98 Å². The molecule has 1 aliphatic rings. The molecule has 1 aromatic heterocycles. The lowest BCUT2D eigenvalue weighted by atomic mass is 10.2. The van der Waals surface area contributed by atoms with Crippen LogP contribution in [-0.4, -0.2) is 41.6 Å². The van der Waals surface area contributed by atoms with Crippen LogP contribution < -0.4 is 0 Å². The van der Waals surface area contributed by atoms with Gasteiger partial charge in [-0.15, -0.1) is 11.3 Å². The minimum Gasteiger partial charge on any atom is -0.377 e. The van der Waals surface area contributed by atoms with Crippen LogP contribution in [0.15, 0.2) is 24.3 Å². The van der Waals surface area contributed by atoms with Gasteiger partial charge in [0.2, 0.25) is 0 Å². The summed E-state index contributed by atoms with van der Waals surface area (Å²) in [5.74, 6) is 0.0408. The second kappa shape index (κ2) is 6.36. The van der Waals surface area contributed by atoms with Crippen molar-refractivity contribution < 1.29 is 9.53 Å². The van der Waals surface area contributed by atoms with Gasteiger partial charge in [-0.25, -0.2) is 4.98 Å². The van der Waals surface area contributed by atoms with Crippen LogP contribution >= 0.6 is 22.9 Å². The molecule has 6 heteroatoms. The SMILES string of the molecule is Cc1nc(-c2cccc(Cl)c2)sc1C(=O)N1CCOC[C@@H]1C. The number of thiazole rings is 1. The Hall–Kier alpha value is -1.43. The molecule has 2 aromatic rings. The minimum absolute atomic E-state index is 0.0408. The highest BCUT2D eigenvalue weighted by Gasteiger charge is 2.27. The summed E-state index contributed by atoms with van der Waals surface area (Å²) in [6.45, 7) is 5.69. The van der Waals surface area contributed by atoms with Crippen LogP contribution in [0.1, 0.15) is 22.3 Å². The number of hydrogen-bond acceptors (Lipinski definition) is 4. The first-order chi connectivity index (χ1) is 10.6. The molecule has 0 aliphatic carbocycles. The van der Waals surface area contributed by atoms with Crippen molar-refractivity contribution in [2.75, 3.05) is 19.8 Å². The third-order valence-corrected chi connectivity index (χ3v) is 5.12. The molecule has 1 saturated heterocycles. The molecule has 0 saturated carbocycles. The molecule has 0 unspecified atom stereocenters. The Morgan fingerprint density at radius 3 is 3.05 bits per heavy atom. The monoisotopic (exact) mass is 336 g/mol. The van der Waals surface area contributed by atoms with Crippen LogP contribution in [0.4, 0.5) is 0 Å². The second-order valence-electron chi connectivity index (χ2n) is 5.37. The smallest absolute Gasteiger partial charge is 0.266 e. The first kappa shape index (κ1) is 15.5. The van der Waals surface area contributed by atoms with Crippen LogP contribution in [0.2, 0.25) is 5.02 Å². The highest BCUT2D eigenvalue weighted by Crippen LogP contribution is 2.30. The largest absolute Gasteiger partial charge is 0.377 e. The number of halogens is 1. The predicted octanol–water partition coefficient (Wildman–Crippen LogP) is 3.63. The third kappa shape index (κ3) is 3.02. The van der Waals surface area contributed by atoms with Crippen molar-refractivity contribution >= 4 is 28.8 Å². The molecule has 116 valence electrons. The van der Waals surface area contributed by atoms with Crippen molar-refractivity contribution in [1.29, 1.82) is 0 Å². The average molecular weight is 337 g/mol. The Morgan fingerprint density at radius 2 is 2.32 bits per heavy atom. The van der Waals surface area contributed by atoms with Gasteiger partial charge in [0, 0.05) is 17.1 Å². The zero-order valence-corrected chi connectivity index (χ0v) is 14.1. The predicted molar refractivity (Wildman–Crippen MR) is 88.6 cm³/mol. The average Bonchev–Trinajstić information content (AvgIpc) is 2.89. The summed E-state index contributed by atoms with van der Waals surface area (Å²) in [7, 11) is 0. The van der Waals surface area contributed by atoms with E-state index in [0.717, 1.165) is 16.3 Å². The van der Waals surface area contributed by atoms with E-state index in [1.54, 1.807) is 0 Å². The number of amides is 1. The number of benzene rings is 1. The van der Waals surface area contributed by atoms with Gasteiger partial charge >= 0.3 is 0 Å². The summed E-state index contributed by atoms with van der Waals surface area (Å²) in [5, 5.41) is 1.49. The van der Waals surface area contributed by atoms with E-state index in [4.69, 9.17) is 16.3 Å². The number of carbonyl (C=O) groups excluding carboxylic acids is 1. The summed E-state index contributed by atoms with van der Waals surface area (Å²) in [5.41, 5.74) is 1.71. The van der Waals surface area contributed by atoms with Gasteiger partial charge in [-0.2, -0.15) is 0 Å². The fourth-order valence-electron chi connectivity index (χ4n) is 2.50. The Balaban J connectivity index is 1.90. The number of aromatic nitrogens is 1. The molecule has 0 radical (unpaired) electrons. The second-order valence-corrected chi connectivity index (χ2v) is 6.80. The molecule has 0 bridgehead atoms. The van der Waals surface area contributed by atoms with Crippen LogP contribution in [0.25, 0.3) is 10.6 Å². The molecule has 1 amide bonds. The third-order valence-electron chi connectivity index (χ3n) is 3.69. The van der Waals surface area contributed by atoms with E-state index in [0.29, 0.717) is 29.7 Å². The quantitative estimate of drug-likeness (QED) is 0.841. The molecular weight excluding hydrogens is 320 g/mol. The molecule has 1 fully saturated rings. The maximum atomic E-state index is 12.8. The van der Waals surface area contributed by atoms with Crippen molar-refractivity contribution in [2.24, 2.45) is 0 Å². The van der Waals surface area contributed by atoms with Crippen molar-refractivity contribution in [3.05, 3.63) is 39.9 Å². The lowest BCUT2D eigenvalue weighted by molar-refractivity contribution is 0.00381. The number of carbonyl (C=O) groups is 1. The topological polar surface area (TPSA) is 42.4 Å². The van der Waals surface area contributed by atoms with E-state index in [-0.39, 0.29) is 11.9 Å². The molecule has 22 heavy (non-hydrogen) atoms. The fourth-order valence-corrected chi connectivity index (χ4v) is 3.71. The molecule has 0 N–H and O–H groups in total. The van der Waals surface area contributed by atoms with Crippen LogP contribution in [0, 0.1) is 6.92 Å². The fraction of sp³-hybridized carbons (Fsp3) is 0.375. The molecule has 0 spiro atoms. The van der Waals surface area contributed by atoms with E-state index in [9.17, 15) is 4.79 Å². The first-order valence-corrected chi connectivity index (χ1v) is 8.38. The number of hydrogen-bond donors (Lipinski definition) is 0. The van der Waals surface area contributed by atoms with Gasteiger partial charge in [-0.3, -0.25) is 4.79 Å². The normalized spacial score (nSPS) is 18.5. The van der Waals surface area contributed by atoms with Gasteiger partial charge in [0.05, 0.1) is 24.9 Å². The zero-order valence-electron chi connectivity index (χ0n) is 12.5. The van der Waals surface area contributed by atoms with E-state index in [1.807, 2.05) is 43.0 Å². The van der Waals surface area contributed by atoms with E-state index < -0.39 is 0 Å². The zero-order chi connectivity index (χ0) is 15.7. The molecule has 3 rings (SSSR count). The van der Waals surface area contributed by atoms with Crippen LogP contribution in [0.5, 0.6) is 0 Å². The number of nitrogens with zero attached hydrogens (tertiary/aromatic N) is 2. The molecule has 4 nitrogen and oxygen atoms in total. The maximum Gasteiger partial charge on any atom is 0.266 e. The molecular formula is C16H17ClN2O2S. The van der Waals surface area contributed by atoms with Gasteiger partial charge in [0.15, 0.2) is 0 Å². The van der Waals surface area contributed by atoms with E-state index in [1.165, 1.54) is 11.3 Å². The Kier molecular flexibility index (Phi) is 4.47. The number of ether oxygens (including phenoxy) is 1. The summed E-state index contributed by atoms with van der Waals surface area (Å²) >= 11 is 7.46. The molecule has 1 aliphatic heterocycles. The minimum atomic E-state index is 0.0408. The Bertz CT molecular complexity index is 701. The van der Waals surface area contributed by atoms with Gasteiger partial charge in [0.25, 0.3) is 5.91 Å². The van der Waals surface area contributed by atoms with Crippen molar-refractivity contribution in [1.82, 2.24) is 9.88 Å². The highest BCUT2D eigenvalue weighted by molar-refractivity contribution is 7.17. The number of aryl methyl sites for hydroxylation is 1. The number of rotatable bonds is 2. The van der Waals surface area contributed by atoms with Crippen LogP contribution in [0.3, 0.4) is 0 Å². The van der Waals surface area contributed by atoms with Gasteiger partial charge in [-0.1, -0.05) is 23.7 Å². The molecule has 1 atom stereocenters. The van der Waals surface area contributed by atoms with Crippen molar-refractivity contribution in [3.63, 3.8) is 0 Å². The lowest BCUT2D eigenvalue weighted by Crippen LogP contribution is -2.47. The first-order valence-electron chi connectivity index (χ1n) is 7.18. The number of morpholine rings is 1. The lowest BCUT2D eigenvalue weighted by Gasteiger charge is -2.33. The standard InChI is InChI=1S/C16H17ClN2O2S/c1-10-9-21-7-6-19(10)16(20)14-11(2)18-15(22-14)12-4-3-5-13(17)8-12/h3-5,8,10H,6-7,9H2,1-2H3/t10-/m0/s1. The van der Waals surface area contributed by atoms with Gasteiger partial charge in [-0.05, 0) is 26.0 Å². The van der Waals surface area contributed by atoms with Gasteiger partial charge in [0.1, 0.15) is 9.88 Å². The summed E-state index contributed by atoms with van der Waals surface area (Å²) in [4.78, 5) is 19.9. The summed E-state index contributed by atoms with van der Waals surface area (Å²) < 4.78 is 5.40. The van der Waals surface area contributed by atoms with Crippen molar-refractivity contribution in [2.45, 2.75) is 19.9 Å². The maximum absolute atomic E-state index is 12.8. The Morgan fingerprint density at radius 1 is 1.50 bits per heavy atom. The summed E-state index contributed by atoms with van der Waals surface area (Å²) in [6.07, 6.45) is 0. The van der Waals surface area contributed by atoms with E-state index >= 15 is 0 Å². The summed E-state index contributed by atoms with van der Waals surface area (Å²) in [6, 6.07) is 7.63. The highest BCUT2D eigenvalue weighted by atomic mass is 35.5. The van der Waals surface area contributed by atoms with Gasteiger partial charge < -0.3 is 9.64 Å².